The Kier molecular flexibility index (Phi) is 6.36. The number of halogens is 1. The van der Waals surface area contributed by atoms with Gasteiger partial charge in [-0.15, -0.1) is 0 Å². The van der Waals surface area contributed by atoms with Crippen LogP contribution in [0.4, 0.5) is 0 Å². The molecule has 0 saturated carbocycles. The summed E-state index contributed by atoms with van der Waals surface area (Å²) in [5, 5.41) is 7.33. The monoisotopic (exact) mass is 377 g/mol. The van der Waals surface area contributed by atoms with Gasteiger partial charge in [-0.25, -0.2) is 0 Å². The Hall–Kier alpha value is -1.92. The maximum atomic E-state index is 5.86. The van der Waals surface area contributed by atoms with Crippen molar-refractivity contribution < 1.29 is 4.74 Å². The lowest BCUT2D eigenvalue weighted by atomic mass is 10.2. The van der Waals surface area contributed by atoms with Crippen LogP contribution in [0.5, 0.6) is 5.75 Å². The Morgan fingerprint density at radius 1 is 1.23 bits per heavy atom. The highest BCUT2D eigenvalue weighted by Gasteiger charge is 2.01. The molecule has 0 fully saturated rings. The minimum absolute atomic E-state index is 0.463. The minimum atomic E-state index is 0.463. The van der Waals surface area contributed by atoms with E-state index in [0.29, 0.717) is 11.7 Å². The standard InChI is InChI=1S/C16H16BrN3OS/c1-18-16(22)20-19-10-13-4-2-3-5-15(13)21-11-12-6-8-14(17)9-7-12/h2-10H,11H2,1H3,(H2,18,20,22)/b19-10-. The average molecular weight is 378 g/mol. The number of hydrogen-bond acceptors (Lipinski definition) is 3. The lowest BCUT2D eigenvalue weighted by Crippen LogP contribution is -2.28. The van der Waals surface area contributed by atoms with Crippen LogP contribution in [0.3, 0.4) is 0 Å². The number of thiocarbonyl (C=S) groups is 1. The molecule has 22 heavy (non-hydrogen) atoms. The van der Waals surface area contributed by atoms with Gasteiger partial charge in [0.05, 0.1) is 6.21 Å². The summed E-state index contributed by atoms with van der Waals surface area (Å²) in [7, 11) is 1.74. The van der Waals surface area contributed by atoms with Crippen molar-refractivity contribution in [3.63, 3.8) is 0 Å². The highest BCUT2D eigenvalue weighted by atomic mass is 79.9. The van der Waals surface area contributed by atoms with Crippen LogP contribution in [0, 0.1) is 0 Å². The van der Waals surface area contributed by atoms with Crippen molar-refractivity contribution in [2.75, 3.05) is 7.05 Å². The van der Waals surface area contributed by atoms with Crippen LogP contribution in [-0.4, -0.2) is 18.4 Å². The summed E-state index contributed by atoms with van der Waals surface area (Å²) in [6.45, 7) is 0.500. The molecule has 0 aliphatic heterocycles. The molecule has 0 bridgehead atoms. The van der Waals surface area contributed by atoms with Gasteiger partial charge in [0, 0.05) is 17.1 Å². The van der Waals surface area contributed by atoms with Gasteiger partial charge in [0.15, 0.2) is 5.11 Å². The SMILES string of the molecule is CNC(=S)N/N=C\c1ccccc1OCc1ccc(Br)cc1. The third-order valence-corrected chi connectivity index (χ3v) is 3.65. The Morgan fingerprint density at radius 2 is 1.95 bits per heavy atom. The Bertz CT molecular complexity index is 659. The van der Waals surface area contributed by atoms with E-state index < -0.39 is 0 Å². The third kappa shape index (κ3) is 5.13. The van der Waals surface area contributed by atoms with Crippen LogP contribution >= 0.6 is 28.1 Å². The molecule has 2 aromatic rings. The fraction of sp³-hybridized carbons (Fsp3) is 0.125. The zero-order valence-corrected chi connectivity index (χ0v) is 14.4. The summed E-state index contributed by atoms with van der Waals surface area (Å²) in [5.74, 6) is 0.770. The van der Waals surface area contributed by atoms with E-state index in [9.17, 15) is 0 Å². The highest BCUT2D eigenvalue weighted by Crippen LogP contribution is 2.18. The second-order valence-corrected chi connectivity index (χ2v) is 5.73. The van der Waals surface area contributed by atoms with Gasteiger partial charge in [0.25, 0.3) is 0 Å². The number of rotatable bonds is 5. The number of hydrogen-bond donors (Lipinski definition) is 2. The van der Waals surface area contributed by atoms with Crippen LogP contribution in [0.15, 0.2) is 58.1 Å². The summed E-state index contributed by atoms with van der Waals surface area (Å²) in [4.78, 5) is 0. The summed E-state index contributed by atoms with van der Waals surface area (Å²) < 4.78 is 6.92. The van der Waals surface area contributed by atoms with Gasteiger partial charge in [-0.2, -0.15) is 5.10 Å². The molecule has 4 nitrogen and oxygen atoms in total. The lowest BCUT2D eigenvalue weighted by Gasteiger charge is -2.09. The summed E-state index contributed by atoms with van der Waals surface area (Å²) in [5.41, 5.74) is 4.70. The van der Waals surface area contributed by atoms with Gasteiger partial charge < -0.3 is 10.1 Å². The van der Waals surface area contributed by atoms with E-state index in [1.54, 1.807) is 13.3 Å². The molecule has 114 valence electrons. The van der Waals surface area contributed by atoms with E-state index in [-0.39, 0.29) is 0 Å². The Morgan fingerprint density at radius 3 is 2.68 bits per heavy atom. The first-order chi connectivity index (χ1) is 10.7. The first-order valence-electron chi connectivity index (χ1n) is 6.66. The quantitative estimate of drug-likeness (QED) is 0.475. The number of nitrogens with zero attached hydrogens (tertiary/aromatic N) is 1. The molecule has 0 aromatic heterocycles. The van der Waals surface area contributed by atoms with Crippen LogP contribution in [0.1, 0.15) is 11.1 Å². The molecule has 6 heteroatoms. The fourth-order valence-electron chi connectivity index (χ4n) is 1.68. The highest BCUT2D eigenvalue weighted by molar-refractivity contribution is 9.10. The van der Waals surface area contributed by atoms with Crippen LogP contribution in [0.2, 0.25) is 0 Å². The topological polar surface area (TPSA) is 45.7 Å². The van der Waals surface area contributed by atoms with E-state index in [0.717, 1.165) is 21.3 Å². The van der Waals surface area contributed by atoms with E-state index in [4.69, 9.17) is 17.0 Å². The average Bonchev–Trinajstić information content (AvgIpc) is 2.55. The predicted molar refractivity (Wildman–Crippen MR) is 97.3 cm³/mol. The number of para-hydroxylation sites is 1. The molecule has 0 saturated heterocycles. The molecule has 0 spiro atoms. The minimum Gasteiger partial charge on any atom is -0.488 e. The Balaban J connectivity index is 2.01. The normalized spacial score (nSPS) is 10.5. The van der Waals surface area contributed by atoms with Crippen molar-refractivity contribution in [2.45, 2.75) is 6.61 Å². The van der Waals surface area contributed by atoms with Gasteiger partial charge in [-0.1, -0.05) is 40.2 Å². The maximum Gasteiger partial charge on any atom is 0.186 e. The summed E-state index contributed by atoms with van der Waals surface area (Å²) in [6.07, 6.45) is 1.68. The number of benzene rings is 2. The zero-order valence-electron chi connectivity index (χ0n) is 12.0. The molecule has 2 aromatic carbocycles. The second-order valence-electron chi connectivity index (χ2n) is 4.40. The number of ether oxygens (including phenoxy) is 1. The van der Waals surface area contributed by atoms with Gasteiger partial charge in [-0.05, 0) is 42.0 Å². The van der Waals surface area contributed by atoms with Crippen molar-refractivity contribution in [2.24, 2.45) is 5.10 Å². The van der Waals surface area contributed by atoms with Gasteiger partial charge in [0.1, 0.15) is 12.4 Å². The van der Waals surface area contributed by atoms with E-state index in [1.165, 1.54) is 0 Å². The molecule has 0 unspecified atom stereocenters. The molecule has 2 N–H and O–H groups in total. The molecule has 0 heterocycles. The molecule has 0 atom stereocenters. The predicted octanol–water partition coefficient (Wildman–Crippen LogP) is 3.46. The van der Waals surface area contributed by atoms with Gasteiger partial charge >= 0.3 is 0 Å². The third-order valence-electron chi connectivity index (χ3n) is 2.82. The fourth-order valence-corrected chi connectivity index (χ4v) is 1.99. The van der Waals surface area contributed by atoms with Crippen LogP contribution < -0.4 is 15.5 Å². The number of hydrazone groups is 1. The van der Waals surface area contributed by atoms with Crippen molar-refractivity contribution in [1.82, 2.24) is 10.7 Å². The maximum absolute atomic E-state index is 5.86. The smallest absolute Gasteiger partial charge is 0.186 e. The molecule has 0 aliphatic carbocycles. The first-order valence-corrected chi connectivity index (χ1v) is 7.86. The van der Waals surface area contributed by atoms with Gasteiger partial charge in [-0.3, -0.25) is 5.43 Å². The first kappa shape index (κ1) is 16.5. The lowest BCUT2D eigenvalue weighted by molar-refractivity contribution is 0.306. The van der Waals surface area contributed by atoms with E-state index >= 15 is 0 Å². The zero-order chi connectivity index (χ0) is 15.8. The molecular formula is C16H16BrN3OS. The molecule has 2 rings (SSSR count). The van der Waals surface area contributed by atoms with Crippen molar-refractivity contribution in [3.8, 4) is 5.75 Å². The molecule has 0 amide bonds. The van der Waals surface area contributed by atoms with E-state index in [2.05, 4.69) is 31.8 Å². The molecule has 0 aliphatic rings. The van der Waals surface area contributed by atoms with Crippen molar-refractivity contribution in [3.05, 3.63) is 64.1 Å². The summed E-state index contributed by atoms with van der Waals surface area (Å²) >= 11 is 8.38. The van der Waals surface area contributed by atoms with Gasteiger partial charge in [0.2, 0.25) is 0 Å². The molecule has 0 radical (unpaired) electrons. The van der Waals surface area contributed by atoms with Crippen molar-refractivity contribution in [1.29, 1.82) is 0 Å². The largest absolute Gasteiger partial charge is 0.488 e. The Labute approximate surface area is 143 Å². The second kappa shape index (κ2) is 8.51. The number of nitrogens with one attached hydrogen (secondary N) is 2. The summed E-state index contributed by atoms with van der Waals surface area (Å²) in [6, 6.07) is 15.7. The van der Waals surface area contributed by atoms with Crippen molar-refractivity contribution >= 4 is 39.5 Å². The van der Waals surface area contributed by atoms with Crippen LogP contribution in [-0.2, 0) is 6.61 Å². The van der Waals surface area contributed by atoms with Crippen LogP contribution in [0.25, 0.3) is 0 Å². The molecular weight excluding hydrogens is 362 g/mol. The van der Waals surface area contributed by atoms with E-state index in [1.807, 2.05) is 48.5 Å².